The van der Waals surface area contributed by atoms with E-state index < -0.39 is 27.3 Å². The first-order valence-corrected chi connectivity index (χ1v) is 7.99. The van der Waals surface area contributed by atoms with E-state index in [1.807, 2.05) is 4.72 Å². The molecule has 21 heavy (non-hydrogen) atoms. The van der Waals surface area contributed by atoms with Crippen molar-refractivity contribution in [1.29, 1.82) is 0 Å². The fourth-order valence-electron chi connectivity index (χ4n) is 1.64. The first-order chi connectivity index (χ1) is 9.85. The Balaban J connectivity index is 2.48. The predicted octanol–water partition coefficient (Wildman–Crippen LogP) is 3.02. The first-order valence-electron chi connectivity index (χ1n) is 5.71. The summed E-state index contributed by atoms with van der Waals surface area (Å²) in [5.41, 5.74) is -0.397. The quantitative estimate of drug-likeness (QED) is 0.860. The van der Waals surface area contributed by atoms with Crippen molar-refractivity contribution < 1.29 is 22.3 Å². The standard InChI is InChI=1S/C13H10BrF2NO3S/c14-9-5-4-8(7-18)6-12(9)21(19,20)17-13-10(15)2-1-3-11(13)16/h1-6,17-18H,7H2. The molecule has 0 radical (unpaired) electrons. The van der Waals surface area contributed by atoms with Gasteiger partial charge in [0.2, 0.25) is 0 Å². The van der Waals surface area contributed by atoms with Crippen LogP contribution in [0.4, 0.5) is 14.5 Å². The van der Waals surface area contributed by atoms with E-state index in [2.05, 4.69) is 15.9 Å². The highest BCUT2D eigenvalue weighted by molar-refractivity contribution is 9.10. The molecule has 2 N–H and O–H groups in total. The van der Waals surface area contributed by atoms with Crippen molar-refractivity contribution in [2.24, 2.45) is 0 Å². The van der Waals surface area contributed by atoms with Gasteiger partial charge < -0.3 is 5.11 Å². The molecular weight excluding hydrogens is 368 g/mol. The normalized spacial score (nSPS) is 11.4. The van der Waals surface area contributed by atoms with Crippen LogP contribution in [0.3, 0.4) is 0 Å². The van der Waals surface area contributed by atoms with Gasteiger partial charge in [0.25, 0.3) is 10.0 Å². The molecule has 0 fully saturated rings. The highest BCUT2D eigenvalue weighted by Crippen LogP contribution is 2.27. The van der Waals surface area contributed by atoms with Crippen molar-refractivity contribution in [3.05, 3.63) is 58.1 Å². The van der Waals surface area contributed by atoms with Gasteiger partial charge in [0.15, 0.2) is 0 Å². The summed E-state index contributed by atoms with van der Waals surface area (Å²) >= 11 is 3.06. The van der Waals surface area contributed by atoms with Crippen LogP contribution in [0.5, 0.6) is 0 Å². The zero-order chi connectivity index (χ0) is 15.6. The van der Waals surface area contributed by atoms with E-state index in [9.17, 15) is 17.2 Å². The SMILES string of the molecule is O=S(=O)(Nc1c(F)cccc1F)c1cc(CO)ccc1Br. The third kappa shape index (κ3) is 3.39. The summed E-state index contributed by atoms with van der Waals surface area (Å²) in [6.45, 7) is -0.357. The van der Waals surface area contributed by atoms with E-state index in [1.165, 1.54) is 18.2 Å². The number of anilines is 1. The van der Waals surface area contributed by atoms with Crippen LogP contribution in [0.25, 0.3) is 0 Å². The Morgan fingerprint density at radius 2 is 1.76 bits per heavy atom. The Morgan fingerprint density at radius 1 is 1.14 bits per heavy atom. The van der Waals surface area contributed by atoms with Gasteiger partial charge in [-0.2, -0.15) is 0 Å². The molecule has 0 amide bonds. The molecule has 0 saturated carbocycles. The number of hydrogen-bond acceptors (Lipinski definition) is 3. The van der Waals surface area contributed by atoms with Crippen LogP contribution in [0.1, 0.15) is 5.56 Å². The highest BCUT2D eigenvalue weighted by atomic mass is 79.9. The number of benzene rings is 2. The van der Waals surface area contributed by atoms with Crippen LogP contribution >= 0.6 is 15.9 Å². The molecule has 2 aromatic carbocycles. The van der Waals surface area contributed by atoms with Gasteiger partial charge in [-0.1, -0.05) is 12.1 Å². The number of aliphatic hydroxyl groups is 1. The summed E-state index contributed by atoms with van der Waals surface area (Å²) in [7, 11) is -4.21. The van der Waals surface area contributed by atoms with E-state index in [0.717, 1.165) is 18.2 Å². The maximum atomic E-state index is 13.5. The summed E-state index contributed by atoms with van der Waals surface area (Å²) < 4.78 is 53.6. The third-order valence-corrected chi connectivity index (χ3v) is 5.01. The summed E-state index contributed by atoms with van der Waals surface area (Å²) in [5.74, 6) is -2.04. The second-order valence-electron chi connectivity index (χ2n) is 4.13. The average molecular weight is 378 g/mol. The van der Waals surface area contributed by atoms with Crippen molar-refractivity contribution in [2.45, 2.75) is 11.5 Å². The fraction of sp³-hybridized carbons (Fsp3) is 0.0769. The number of para-hydroxylation sites is 1. The summed E-state index contributed by atoms with van der Waals surface area (Å²) in [6.07, 6.45) is 0. The summed E-state index contributed by atoms with van der Waals surface area (Å²) in [4.78, 5) is -0.225. The van der Waals surface area contributed by atoms with Crippen LogP contribution in [-0.2, 0) is 16.6 Å². The lowest BCUT2D eigenvalue weighted by Gasteiger charge is -2.12. The van der Waals surface area contributed by atoms with Crippen molar-refractivity contribution in [3.8, 4) is 0 Å². The zero-order valence-corrected chi connectivity index (χ0v) is 12.9. The minimum absolute atomic E-state index is 0.212. The lowest BCUT2D eigenvalue weighted by Crippen LogP contribution is -2.16. The van der Waals surface area contributed by atoms with Crippen molar-refractivity contribution in [1.82, 2.24) is 0 Å². The zero-order valence-electron chi connectivity index (χ0n) is 10.5. The van der Waals surface area contributed by atoms with Gasteiger partial charge in [0.1, 0.15) is 22.2 Å². The lowest BCUT2D eigenvalue weighted by molar-refractivity contribution is 0.281. The number of sulfonamides is 1. The van der Waals surface area contributed by atoms with Gasteiger partial charge >= 0.3 is 0 Å². The van der Waals surface area contributed by atoms with Crippen molar-refractivity contribution >= 4 is 31.6 Å². The molecule has 0 aromatic heterocycles. The smallest absolute Gasteiger partial charge is 0.263 e. The Bertz CT molecular complexity index is 761. The van der Waals surface area contributed by atoms with Crippen LogP contribution in [0.15, 0.2) is 45.8 Å². The van der Waals surface area contributed by atoms with E-state index in [0.29, 0.717) is 5.56 Å². The van der Waals surface area contributed by atoms with Gasteiger partial charge in [-0.05, 0) is 45.8 Å². The third-order valence-electron chi connectivity index (χ3n) is 2.67. The molecule has 4 nitrogen and oxygen atoms in total. The number of nitrogens with one attached hydrogen (secondary N) is 1. The van der Waals surface area contributed by atoms with E-state index in [-0.39, 0.29) is 16.0 Å². The van der Waals surface area contributed by atoms with Gasteiger partial charge in [0, 0.05) is 4.47 Å². The average Bonchev–Trinajstić information content (AvgIpc) is 2.43. The van der Waals surface area contributed by atoms with Gasteiger partial charge in [-0.25, -0.2) is 17.2 Å². The second-order valence-corrected chi connectivity index (χ2v) is 6.63. The van der Waals surface area contributed by atoms with Crippen molar-refractivity contribution in [2.75, 3.05) is 4.72 Å². The lowest BCUT2D eigenvalue weighted by atomic mass is 10.2. The number of rotatable bonds is 4. The Labute approximate surface area is 128 Å². The number of halogens is 3. The Hall–Kier alpha value is -1.51. The molecule has 0 heterocycles. The van der Waals surface area contributed by atoms with E-state index in [4.69, 9.17) is 5.11 Å². The summed E-state index contributed by atoms with van der Waals surface area (Å²) in [6, 6.07) is 7.18. The topological polar surface area (TPSA) is 66.4 Å². The van der Waals surface area contributed by atoms with Crippen LogP contribution in [0, 0.1) is 11.6 Å². The molecule has 0 atom stereocenters. The molecule has 0 saturated heterocycles. The molecule has 112 valence electrons. The Morgan fingerprint density at radius 3 is 2.33 bits per heavy atom. The Kier molecular flexibility index (Phi) is 4.60. The van der Waals surface area contributed by atoms with Gasteiger partial charge in [-0.15, -0.1) is 0 Å². The largest absolute Gasteiger partial charge is 0.392 e. The van der Waals surface area contributed by atoms with E-state index in [1.54, 1.807) is 0 Å². The maximum absolute atomic E-state index is 13.5. The number of hydrogen-bond donors (Lipinski definition) is 2. The highest BCUT2D eigenvalue weighted by Gasteiger charge is 2.21. The molecule has 0 aliphatic carbocycles. The summed E-state index contributed by atoms with van der Waals surface area (Å²) in [5, 5.41) is 9.05. The van der Waals surface area contributed by atoms with Crippen LogP contribution in [-0.4, -0.2) is 13.5 Å². The van der Waals surface area contributed by atoms with Crippen LogP contribution < -0.4 is 4.72 Å². The van der Waals surface area contributed by atoms with Gasteiger partial charge in [-0.3, -0.25) is 4.72 Å². The molecule has 8 heteroatoms. The first kappa shape index (κ1) is 15.9. The predicted molar refractivity (Wildman–Crippen MR) is 77.2 cm³/mol. The molecule has 2 aromatic rings. The van der Waals surface area contributed by atoms with Gasteiger partial charge in [0.05, 0.1) is 6.61 Å². The van der Waals surface area contributed by atoms with Crippen molar-refractivity contribution in [3.63, 3.8) is 0 Å². The molecule has 0 spiro atoms. The maximum Gasteiger partial charge on any atom is 0.263 e. The minimum Gasteiger partial charge on any atom is -0.392 e. The molecular formula is C13H10BrF2NO3S. The van der Waals surface area contributed by atoms with E-state index >= 15 is 0 Å². The number of aliphatic hydroxyl groups excluding tert-OH is 1. The minimum atomic E-state index is -4.21. The molecule has 0 bridgehead atoms. The van der Waals surface area contributed by atoms with Crippen LogP contribution in [0.2, 0.25) is 0 Å². The fourth-order valence-corrected chi connectivity index (χ4v) is 3.73. The molecule has 2 rings (SSSR count). The molecule has 0 aliphatic heterocycles. The monoisotopic (exact) mass is 377 g/mol. The molecule has 0 aliphatic rings. The molecule has 0 unspecified atom stereocenters. The second kappa shape index (κ2) is 6.08.